The molecule has 0 aromatic heterocycles. The summed E-state index contributed by atoms with van der Waals surface area (Å²) in [4.78, 5) is 4.65. The largest absolute Gasteiger partial charge is 0.497 e. The number of hydrogen-bond acceptors (Lipinski definition) is 5. The van der Waals surface area contributed by atoms with Gasteiger partial charge in [-0.2, -0.15) is 0 Å². The van der Waals surface area contributed by atoms with E-state index in [4.69, 9.17) is 4.74 Å². The zero-order valence-corrected chi connectivity index (χ0v) is 12.4. The van der Waals surface area contributed by atoms with Gasteiger partial charge in [-0.3, -0.25) is 4.90 Å². The number of rotatable bonds is 5. The van der Waals surface area contributed by atoms with Crippen LogP contribution in [-0.2, 0) is 6.54 Å². The first-order valence-corrected chi connectivity index (χ1v) is 6.93. The highest BCUT2D eigenvalue weighted by Gasteiger charge is 2.24. The van der Waals surface area contributed by atoms with Crippen molar-refractivity contribution >= 4 is 12.6 Å². The summed E-state index contributed by atoms with van der Waals surface area (Å²) in [5.74, 6) is 0.510. The number of ether oxygens (including phenoxy) is 1. The van der Waals surface area contributed by atoms with Crippen LogP contribution in [0.5, 0.6) is 5.75 Å². The first-order valence-electron chi connectivity index (χ1n) is 6.93. The van der Waals surface area contributed by atoms with Crippen LogP contribution in [0.15, 0.2) is 18.2 Å². The lowest BCUT2D eigenvalue weighted by Crippen LogP contribution is -2.33. The lowest BCUT2D eigenvalue weighted by molar-refractivity contribution is 0.264. The van der Waals surface area contributed by atoms with Gasteiger partial charge in [-0.25, -0.2) is 0 Å². The molecule has 0 saturated carbocycles. The molecule has 1 aromatic rings. The van der Waals surface area contributed by atoms with Gasteiger partial charge in [0.25, 0.3) is 0 Å². The Hall–Kier alpha value is -1.08. The van der Waals surface area contributed by atoms with Crippen molar-refractivity contribution in [3.05, 3.63) is 23.8 Å². The highest BCUT2D eigenvalue weighted by atomic mass is 16.5. The van der Waals surface area contributed by atoms with Gasteiger partial charge in [0.15, 0.2) is 0 Å². The topological polar surface area (TPSA) is 56.2 Å². The number of likely N-dealkylation sites (tertiary alicyclic amines) is 1. The van der Waals surface area contributed by atoms with Gasteiger partial charge < -0.3 is 19.7 Å². The predicted molar refractivity (Wildman–Crippen MR) is 80.2 cm³/mol. The molecule has 5 nitrogen and oxygen atoms in total. The van der Waals surface area contributed by atoms with E-state index in [-0.39, 0.29) is 0 Å². The maximum Gasteiger partial charge on any atom is 0.492 e. The normalized spacial score (nSPS) is 19.6. The summed E-state index contributed by atoms with van der Waals surface area (Å²) in [7, 11) is 4.25. The molecule has 0 radical (unpaired) electrons. The fourth-order valence-electron chi connectivity index (χ4n) is 2.72. The van der Waals surface area contributed by atoms with Gasteiger partial charge in [0.2, 0.25) is 0 Å². The SMILES string of the molecule is COc1ccc(CN2CCC(N(C)C)C2)cc1B(O)O. The Bertz CT molecular complexity index is 454. The van der Waals surface area contributed by atoms with Crippen molar-refractivity contribution in [2.24, 2.45) is 0 Å². The highest BCUT2D eigenvalue weighted by molar-refractivity contribution is 6.59. The molecule has 2 rings (SSSR count). The number of likely N-dealkylation sites (N-methyl/N-ethyl adjacent to an activating group) is 1. The predicted octanol–water partition coefficient (Wildman–Crippen LogP) is -0.489. The Morgan fingerprint density at radius 1 is 1.40 bits per heavy atom. The van der Waals surface area contributed by atoms with Gasteiger partial charge in [-0.05, 0) is 32.1 Å². The molecule has 0 amide bonds. The van der Waals surface area contributed by atoms with E-state index in [0.717, 1.165) is 25.2 Å². The van der Waals surface area contributed by atoms with Crippen LogP contribution in [0.2, 0.25) is 0 Å². The minimum atomic E-state index is -1.50. The van der Waals surface area contributed by atoms with E-state index in [1.807, 2.05) is 12.1 Å². The third kappa shape index (κ3) is 3.52. The Labute approximate surface area is 120 Å². The highest BCUT2D eigenvalue weighted by Crippen LogP contribution is 2.17. The van der Waals surface area contributed by atoms with Crippen LogP contribution < -0.4 is 10.2 Å². The zero-order chi connectivity index (χ0) is 14.7. The minimum Gasteiger partial charge on any atom is -0.497 e. The summed E-state index contributed by atoms with van der Waals surface area (Å²) in [5, 5.41) is 18.8. The summed E-state index contributed by atoms with van der Waals surface area (Å²) in [6, 6.07) is 6.19. The van der Waals surface area contributed by atoms with Crippen molar-refractivity contribution in [1.29, 1.82) is 0 Å². The van der Waals surface area contributed by atoms with Crippen LogP contribution in [-0.4, -0.2) is 67.3 Å². The van der Waals surface area contributed by atoms with Crippen molar-refractivity contribution in [2.75, 3.05) is 34.3 Å². The minimum absolute atomic E-state index is 0.424. The van der Waals surface area contributed by atoms with E-state index in [1.54, 1.807) is 6.07 Å². The van der Waals surface area contributed by atoms with Crippen LogP contribution in [0.25, 0.3) is 0 Å². The molecule has 1 atom stereocenters. The van der Waals surface area contributed by atoms with Crippen LogP contribution in [0.1, 0.15) is 12.0 Å². The second-order valence-corrected chi connectivity index (χ2v) is 5.59. The standard InChI is InChI=1S/C14H23BN2O3/c1-16(2)12-6-7-17(10-12)9-11-4-5-14(20-3)13(8-11)15(18)19/h4-5,8,12,18-19H,6-7,9-10H2,1-3H3. The van der Waals surface area contributed by atoms with Gasteiger partial charge in [0, 0.05) is 31.1 Å². The van der Waals surface area contributed by atoms with Gasteiger partial charge in [-0.15, -0.1) is 0 Å². The van der Waals surface area contributed by atoms with E-state index < -0.39 is 7.12 Å². The van der Waals surface area contributed by atoms with E-state index in [1.165, 1.54) is 13.5 Å². The molecule has 1 aliphatic rings. The monoisotopic (exact) mass is 278 g/mol. The molecule has 1 heterocycles. The Balaban J connectivity index is 2.05. The van der Waals surface area contributed by atoms with Crippen LogP contribution in [0, 0.1) is 0 Å². The van der Waals surface area contributed by atoms with Crippen molar-refractivity contribution in [1.82, 2.24) is 9.80 Å². The average Bonchev–Trinajstić information content (AvgIpc) is 2.87. The van der Waals surface area contributed by atoms with Crippen molar-refractivity contribution in [3.8, 4) is 5.75 Å². The second-order valence-electron chi connectivity index (χ2n) is 5.59. The molecule has 20 heavy (non-hydrogen) atoms. The Morgan fingerprint density at radius 3 is 2.70 bits per heavy atom. The summed E-state index contributed by atoms with van der Waals surface area (Å²) in [6.45, 7) is 2.95. The third-order valence-electron chi connectivity index (χ3n) is 3.96. The zero-order valence-electron chi connectivity index (χ0n) is 12.4. The van der Waals surface area contributed by atoms with E-state index in [2.05, 4.69) is 23.9 Å². The molecule has 110 valence electrons. The van der Waals surface area contributed by atoms with E-state index in [9.17, 15) is 10.0 Å². The molecular formula is C14H23BN2O3. The molecule has 1 aliphatic heterocycles. The Morgan fingerprint density at radius 2 is 2.15 bits per heavy atom. The summed E-state index contributed by atoms with van der Waals surface area (Å²) >= 11 is 0. The van der Waals surface area contributed by atoms with Crippen LogP contribution >= 0.6 is 0 Å². The molecule has 0 spiro atoms. The molecule has 1 aromatic carbocycles. The fourth-order valence-corrected chi connectivity index (χ4v) is 2.72. The molecule has 6 heteroatoms. The second kappa shape index (κ2) is 6.58. The van der Waals surface area contributed by atoms with Gasteiger partial charge >= 0.3 is 7.12 Å². The summed E-state index contributed by atoms with van der Waals surface area (Å²) < 4.78 is 5.14. The summed E-state index contributed by atoms with van der Waals surface area (Å²) in [6.07, 6.45) is 1.18. The first-order chi connectivity index (χ1) is 9.51. The molecular weight excluding hydrogens is 255 g/mol. The van der Waals surface area contributed by atoms with Crippen molar-refractivity contribution in [3.63, 3.8) is 0 Å². The van der Waals surface area contributed by atoms with Crippen molar-refractivity contribution in [2.45, 2.75) is 19.0 Å². The molecule has 1 unspecified atom stereocenters. The van der Waals surface area contributed by atoms with E-state index >= 15 is 0 Å². The average molecular weight is 278 g/mol. The Kier molecular flexibility index (Phi) is 5.04. The molecule has 0 aliphatic carbocycles. The lowest BCUT2D eigenvalue weighted by Gasteiger charge is -2.20. The quantitative estimate of drug-likeness (QED) is 0.712. The van der Waals surface area contributed by atoms with Gasteiger partial charge in [-0.1, -0.05) is 12.1 Å². The van der Waals surface area contributed by atoms with Crippen LogP contribution in [0.3, 0.4) is 0 Å². The maximum absolute atomic E-state index is 9.39. The summed E-state index contributed by atoms with van der Waals surface area (Å²) in [5.41, 5.74) is 1.50. The van der Waals surface area contributed by atoms with Gasteiger partial charge in [0.1, 0.15) is 5.75 Å². The number of hydrogen-bond donors (Lipinski definition) is 2. The van der Waals surface area contributed by atoms with Gasteiger partial charge in [0.05, 0.1) is 7.11 Å². The molecule has 1 saturated heterocycles. The molecule has 2 N–H and O–H groups in total. The molecule has 1 fully saturated rings. The number of methoxy groups -OCH3 is 1. The third-order valence-corrected chi connectivity index (χ3v) is 3.96. The fraction of sp³-hybridized carbons (Fsp3) is 0.571. The number of nitrogens with zero attached hydrogens (tertiary/aromatic N) is 2. The first kappa shape index (κ1) is 15.3. The number of benzene rings is 1. The lowest BCUT2D eigenvalue weighted by atomic mass is 9.78. The van der Waals surface area contributed by atoms with Crippen molar-refractivity contribution < 1.29 is 14.8 Å². The van der Waals surface area contributed by atoms with E-state index in [0.29, 0.717) is 17.3 Å². The molecule has 0 bridgehead atoms. The smallest absolute Gasteiger partial charge is 0.492 e. The maximum atomic E-state index is 9.39. The van der Waals surface area contributed by atoms with Crippen LogP contribution in [0.4, 0.5) is 0 Å².